The van der Waals surface area contributed by atoms with Crippen LogP contribution in [0.25, 0.3) is 10.2 Å². The van der Waals surface area contributed by atoms with E-state index in [0.717, 1.165) is 29.5 Å². The summed E-state index contributed by atoms with van der Waals surface area (Å²) in [6.45, 7) is 5.21. The molecule has 1 aliphatic rings. The Kier molecular flexibility index (Phi) is 6.58. The molecule has 0 aliphatic heterocycles. The molecular formula is C23H27N3O2S2. The molecule has 0 spiro atoms. The fraction of sp³-hybridized carbons (Fsp3) is 0.435. The number of carbonyl (C=O) groups excluding carboxylic acids is 1. The first-order valence-electron chi connectivity index (χ1n) is 10.6. The van der Waals surface area contributed by atoms with Crippen molar-refractivity contribution >= 4 is 39.2 Å². The lowest BCUT2D eigenvalue weighted by Crippen LogP contribution is -2.29. The molecule has 1 aliphatic carbocycles. The summed E-state index contributed by atoms with van der Waals surface area (Å²) in [5, 5.41) is 4.45. The number of nitrogens with zero attached hydrogens (tertiary/aromatic N) is 2. The molecule has 5 nitrogen and oxygen atoms in total. The first-order chi connectivity index (χ1) is 14.6. The van der Waals surface area contributed by atoms with Crippen LogP contribution >= 0.6 is 23.1 Å². The minimum absolute atomic E-state index is 0.0368. The molecule has 0 radical (unpaired) electrons. The van der Waals surface area contributed by atoms with E-state index in [1.165, 1.54) is 34.2 Å². The predicted molar refractivity (Wildman–Crippen MR) is 125 cm³/mol. The monoisotopic (exact) mass is 441 g/mol. The molecule has 2 heterocycles. The lowest BCUT2D eigenvalue weighted by Gasteiger charge is -2.14. The lowest BCUT2D eigenvalue weighted by molar-refractivity contribution is -0.118. The maximum absolute atomic E-state index is 13.1. The number of hydrogen-bond acceptors (Lipinski definition) is 5. The van der Waals surface area contributed by atoms with Gasteiger partial charge in [0.25, 0.3) is 5.56 Å². The highest BCUT2D eigenvalue weighted by molar-refractivity contribution is 7.99. The Morgan fingerprint density at radius 2 is 2.03 bits per heavy atom. The van der Waals surface area contributed by atoms with E-state index in [1.807, 2.05) is 25.1 Å². The molecule has 0 saturated carbocycles. The van der Waals surface area contributed by atoms with E-state index in [-0.39, 0.29) is 23.1 Å². The van der Waals surface area contributed by atoms with Crippen molar-refractivity contribution in [3.8, 4) is 0 Å². The van der Waals surface area contributed by atoms with Crippen LogP contribution in [0.5, 0.6) is 0 Å². The first-order valence-corrected chi connectivity index (χ1v) is 12.4. The van der Waals surface area contributed by atoms with E-state index in [4.69, 9.17) is 4.98 Å². The number of thiophene rings is 1. The average Bonchev–Trinajstić information content (AvgIpc) is 3.15. The van der Waals surface area contributed by atoms with Gasteiger partial charge in [0.05, 0.1) is 11.1 Å². The van der Waals surface area contributed by atoms with Crippen molar-refractivity contribution in [2.75, 3.05) is 12.3 Å². The Morgan fingerprint density at radius 3 is 2.80 bits per heavy atom. The van der Waals surface area contributed by atoms with Gasteiger partial charge in [0.2, 0.25) is 5.91 Å². The fourth-order valence-corrected chi connectivity index (χ4v) is 6.15. The Morgan fingerprint density at radius 1 is 1.27 bits per heavy atom. The topological polar surface area (TPSA) is 64.0 Å². The van der Waals surface area contributed by atoms with E-state index in [1.54, 1.807) is 15.9 Å². The summed E-state index contributed by atoms with van der Waals surface area (Å²) in [4.78, 5) is 32.5. The van der Waals surface area contributed by atoms with Gasteiger partial charge in [-0.25, -0.2) is 4.98 Å². The van der Waals surface area contributed by atoms with E-state index < -0.39 is 0 Å². The zero-order valence-electron chi connectivity index (χ0n) is 17.4. The number of thioether (sulfide) groups is 1. The van der Waals surface area contributed by atoms with Gasteiger partial charge in [-0.2, -0.15) is 0 Å². The number of aromatic nitrogens is 2. The minimum atomic E-state index is -0.0368. The van der Waals surface area contributed by atoms with Crippen LogP contribution < -0.4 is 10.9 Å². The molecule has 158 valence electrons. The van der Waals surface area contributed by atoms with Gasteiger partial charge in [-0.15, -0.1) is 11.3 Å². The number of carbonyl (C=O) groups is 1. The van der Waals surface area contributed by atoms with Crippen molar-refractivity contribution in [1.82, 2.24) is 14.9 Å². The highest BCUT2D eigenvalue weighted by atomic mass is 32.2. The molecule has 30 heavy (non-hydrogen) atoms. The zero-order valence-corrected chi connectivity index (χ0v) is 19.1. The third kappa shape index (κ3) is 4.32. The van der Waals surface area contributed by atoms with E-state index in [2.05, 4.69) is 24.4 Å². The van der Waals surface area contributed by atoms with Gasteiger partial charge in [0.15, 0.2) is 5.16 Å². The molecule has 1 unspecified atom stereocenters. The van der Waals surface area contributed by atoms with Gasteiger partial charge in [-0.1, -0.05) is 49.0 Å². The first kappa shape index (κ1) is 21.1. The Bertz CT molecular complexity index is 1110. The van der Waals surface area contributed by atoms with Gasteiger partial charge in [-0.3, -0.25) is 14.2 Å². The van der Waals surface area contributed by atoms with E-state index >= 15 is 0 Å². The molecule has 7 heteroatoms. The highest BCUT2D eigenvalue weighted by Crippen LogP contribution is 2.34. The molecule has 0 fully saturated rings. The zero-order chi connectivity index (χ0) is 21.1. The van der Waals surface area contributed by atoms with Crippen molar-refractivity contribution < 1.29 is 4.79 Å². The molecule has 0 saturated heterocycles. The summed E-state index contributed by atoms with van der Waals surface area (Å²) in [5.41, 5.74) is 2.46. The van der Waals surface area contributed by atoms with Crippen LogP contribution in [0.1, 0.15) is 48.6 Å². The lowest BCUT2D eigenvalue weighted by atomic mass is 9.97. The van der Waals surface area contributed by atoms with Crippen LogP contribution in [-0.4, -0.2) is 27.8 Å². The van der Waals surface area contributed by atoms with Crippen molar-refractivity contribution in [3.05, 3.63) is 56.7 Å². The van der Waals surface area contributed by atoms with Gasteiger partial charge in [0.1, 0.15) is 4.83 Å². The molecule has 1 atom stereocenters. The SMILES string of the molecule is CCn1c(SCC(=O)NCC(C)c2ccccc2)nc2sc3c(c2c1=O)CCCC3. The quantitative estimate of drug-likeness (QED) is 0.437. The van der Waals surface area contributed by atoms with Crippen LogP contribution in [0.4, 0.5) is 0 Å². The van der Waals surface area contributed by atoms with Crippen molar-refractivity contribution in [3.63, 3.8) is 0 Å². The molecule has 3 aromatic rings. The Balaban J connectivity index is 1.46. The van der Waals surface area contributed by atoms with Gasteiger partial charge in [0, 0.05) is 18.0 Å². The average molecular weight is 442 g/mol. The number of fused-ring (bicyclic) bond motifs is 3. The van der Waals surface area contributed by atoms with Gasteiger partial charge >= 0.3 is 0 Å². The van der Waals surface area contributed by atoms with Gasteiger partial charge in [-0.05, 0) is 49.7 Å². The van der Waals surface area contributed by atoms with Crippen LogP contribution in [0.15, 0.2) is 40.3 Å². The number of rotatable bonds is 7. The van der Waals surface area contributed by atoms with Crippen LogP contribution in [-0.2, 0) is 24.2 Å². The standard InChI is InChI=1S/C23H27N3O2S2/c1-3-26-22(28)20-17-11-7-8-12-18(17)30-21(20)25-23(26)29-14-19(27)24-13-15(2)16-9-5-4-6-10-16/h4-6,9-10,15H,3,7-8,11-14H2,1-2H3,(H,24,27). The summed E-state index contributed by atoms with van der Waals surface area (Å²) < 4.78 is 1.72. The maximum Gasteiger partial charge on any atom is 0.263 e. The Hall–Kier alpha value is -2.12. The third-order valence-corrected chi connectivity index (χ3v) is 7.82. The molecule has 0 bridgehead atoms. The molecule has 1 amide bonds. The highest BCUT2D eigenvalue weighted by Gasteiger charge is 2.22. The molecule has 1 aromatic carbocycles. The van der Waals surface area contributed by atoms with Gasteiger partial charge < -0.3 is 5.32 Å². The molecule has 1 N–H and O–H groups in total. The fourth-order valence-electron chi connectivity index (χ4n) is 3.96. The van der Waals surface area contributed by atoms with Crippen molar-refractivity contribution in [2.45, 2.75) is 57.1 Å². The summed E-state index contributed by atoms with van der Waals surface area (Å²) in [6, 6.07) is 10.2. The summed E-state index contributed by atoms with van der Waals surface area (Å²) in [5.74, 6) is 0.469. The van der Waals surface area contributed by atoms with Crippen molar-refractivity contribution in [1.29, 1.82) is 0 Å². The summed E-state index contributed by atoms with van der Waals surface area (Å²) in [7, 11) is 0. The van der Waals surface area contributed by atoms with Crippen LogP contribution in [0, 0.1) is 0 Å². The predicted octanol–water partition coefficient (Wildman–Crippen LogP) is 4.37. The Labute approximate surface area is 184 Å². The minimum Gasteiger partial charge on any atom is -0.355 e. The number of amides is 1. The summed E-state index contributed by atoms with van der Waals surface area (Å²) in [6.07, 6.45) is 4.35. The molecular weight excluding hydrogens is 414 g/mol. The normalized spacial score (nSPS) is 14.5. The summed E-state index contributed by atoms with van der Waals surface area (Å²) >= 11 is 3.00. The third-order valence-electron chi connectivity index (χ3n) is 5.66. The second-order valence-corrected chi connectivity index (χ2v) is 9.77. The number of nitrogens with one attached hydrogen (secondary N) is 1. The molecule has 4 rings (SSSR count). The second-order valence-electron chi connectivity index (χ2n) is 7.74. The van der Waals surface area contributed by atoms with Crippen LogP contribution in [0.2, 0.25) is 0 Å². The maximum atomic E-state index is 13.1. The number of benzene rings is 1. The number of aryl methyl sites for hydroxylation is 2. The van der Waals surface area contributed by atoms with Crippen molar-refractivity contribution in [2.24, 2.45) is 0 Å². The largest absolute Gasteiger partial charge is 0.355 e. The van der Waals surface area contributed by atoms with E-state index in [0.29, 0.717) is 18.2 Å². The second kappa shape index (κ2) is 9.35. The smallest absolute Gasteiger partial charge is 0.263 e. The van der Waals surface area contributed by atoms with E-state index in [9.17, 15) is 9.59 Å². The van der Waals surface area contributed by atoms with Crippen LogP contribution in [0.3, 0.4) is 0 Å². The number of hydrogen-bond donors (Lipinski definition) is 1. The molecule has 2 aromatic heterocycles.